The van der Waals surface area contributed by atoms with Gasteiger partial charge in [0.15, 0.2) is 5.57 Å². The smallest absolute Gasteiger partial charge is 0.163 e. The number of aromatic nitrogens is 1. The van der Waals surface area contributed by atoms with E-state index in [1.807, 2.05) is 35.2 Å². The zero-order chi connectivity index (χ0) is 15.2. The van der Waals surface area contributed by atoms with Gasteiger partial charge in [-0.15, -0.1) is 0 Å². The number of nitrogens with one attached hydrogen (secondary N) is 1. The van der Waals surface area contributed by atoms with E-state index in [9.17, 15) is 0 Å². The van der Waals surface area contributed by atoms with E-state index in [1.165, 1.54) is 0 Å². The van der Waals surface area contributed by atoms with Crippen molar-refractivity contribution in [1.29, 1.82) is 15.8 Å². The molecule has 0 aliphatic rings. The van der Waals surface area contributed by atoms with Crippen molar-refractivity contribution in [2.75, 3.05) is 5.32 Å². The van der Waals surface area contributed by atoms with E-state index in [-0.39, 0.29) is 11.3 Å². The van der Waals surface area contributed by atoms with Crippen LogP contribution in [0.3, 0.4) is 0 Å². The minimum Gasteiger partial charge on any atom is -0.344 e. The summed E-state index contributed by atoms with van der Waals surface area (Å²) < 4.78 is 1.87. The molecule has 2 rings (SSSR count). The SMILES string of the molecule is N#CC(C#N)=C(C#N)Nc1cc(-n2cccc2)ccc1Cl. The Balaban J connectivity index is 2.44. The van der Waals surface area contributed by atoms with Crippen LogP contribution in [0, 0.1) is 34.0 Å². The molecule has 0 amide bonds. The van der Waals surface area contributed by atoms with E-state index < -0.39 is 0 Å². The molecule has 0 atom stereocenters. The molecule has 0 radical (unpaired) electrons. The maximum absolute atomic E-state index is 9.04. The molecule has 6 heteroatoms. The Kier molecular flexibility index (Phi) is 4.26. The van der Waals surface area contributed by atoms with Crippen molar-refractivity contribution < 1.29 is 0 Å². The third-order valence-corrected chi connectivity index (χ3v) is 3.03. The lowest BCUT2D eigenvalue weighted by Gasteiger charge is -2.10. The van der Waals surface area contributed by atoms with Crippen LogP contribution in [0.25, 0.3) is 5.69 Å². The molecule has 21 heavy (non-hydrogen) atoms. The van der Waals surface area contributed by atoms with Crippen LogP contribution < -0.4 is 5.32 Å². The number of hydrogen-bond donors (Lipinski definition) is 1. The molecule has 0 bridgehead atoms. The third kappa shape index (κ3) is 3.04. The molecular formula is C15H8ClN5. The van der Waals surface area contributed by atoms with E-state index in [1.54, 1.807) is 30.3 Å². The molecule has 100 valence electrons. The average molecular weight is 294 g/mol. The fourth-order valence-electron chi connectivity index (χ4n) is 1.69. The lowest BCUT2D eigenvalue weighted by molar-refractivity contribution is 1.08. The van der Waals surface area contributed by atoms with Gasteiger partial charge in [-0.05, 0) is 30.3 Å². The van der Waals surface area contributed by atoms with Crippen molar-refractivity contribution in [3.05, 3.63) is 59.0 Å². The molecule has 0 saturated heterocycles. The zero-order valence-electron chi connectivity index (χ0n) is 10.7. The van der Waals surface area contributed by atoms with Crippen molar-refractivity contribution in [3.63, 3.8) is 0 Å². The van der Waals surface area contributed by atoms with Crippen LogP contribution >= 0.6 is 11.6 Å². The molecule has 0 aliphatic carbocycles. The molecule has 0 saturated carbocycles. The van der Waals surface area contributed by atoms with Crippen LogP contribution in [0.15, 0.2) is 54.0 Å². The summed E-state index contributed by atoms with van der Waals surface area (Å²) >= 11 is 6.08. The lowest BCUT2D eigenvalue weighted by Crippen LogP contribution is -2.02. The molecule has 1 aromatic carbocycles. The summed E-state index contributed by atoms with van der Waals surface area (Å²) in [6, 6.07) is 14.1. The predicted octanol–water partition coefficient (Wildman–Crippen LogP) is 3.37. The molecule has 0 unspecified atom stereocenters. The Morgan fingerprint density at radius 1 is 1.05 bits per heavy atom. The fourth-order valence-corrected chi connectivity index (χ4v) is 1.86. The van der Waals surface area contributed by atoms with Crippen molar-refractivity contribution in [3.8, 4) is 23.9 Å². The van der Waals surface area contributed by atoms with Gasteiger partial charge in [-0.25, -0.2) is 0 Å². The monoisotopic (exact) mass is 293 g/mol. The van der Waals surface area contributed by atoms with E-state index in [0.717, 1.165) is 5.69 Å². The van der Waals surface area contributed by atoms with Crippen molar-refractivity contribution in [2.24, 2.45) is 0 Å². The van der Waals surface area contributed by atoms with Gasteiger partial charge in [0.05, 0.1) is 10.7 Å². The molecular weight excluding hydrogens is 286 g/mol. The number of nitriles is 3. The highest BCUT2D eigenvalue weighted by Crippen LogP contribution is 2.26. The molecule has 0 spiro atoms. The second kappa shape index (κ2) is 6.30. The predicted molar refractivity (Wildman–Crippen MR) is 78.3 cm³/mol. The molecule has 0 aliphatic heterocycles. The minimum absolute atomic E-state index is 0.133. The lowest BCUT2D eigenvalue weighted by atomic mass is 10.2. The van der Waals surface area contributed by atoms with Crippen LogP contribution in [0.4, 0.5) is 5.69 Å². The summed E-state index contributed by atoms with van der Waals surface area (Å²) in [5, 5.41) is 29.8. The molecule has 1 N–H and O–H groups in total. The van der Waals surface area contributed by atoms with Crippen LogP contribution in [0.5, 0.6) is 0 Å². The van der Waals surface area contributed by atoms with Gasteiger partial charge in [0.1, 0.15) is 23.9 Å². The average Bonchev–Trinajstić information content (AvgIpc) is 3.03. The number of hydrogen-bond acceptors (Lipinski definition) is 4. The largest absolute Gasteiger partial charge is 0.344 e. The first-order valence-electron chi connectivity index (χ1n) is 5.84. The van der Waals surface area contributed by atoms with Gasteiger partial charge in [-0.2, -0.15) is 15.8 Å². The fraction of sp³-hybridized carbons (Fsp3) is 0. The second-order valence-electron chi connectivity index (χ2n) is 3.96. The van der Waals surface area contributed by atoms with Gasteiger partial charge in [-0.1, -0.05) is 11.6 Å². The van der Waals surface area contributed by atoms with Crippen molar-refractivity contribution in [1.82, 2.24) is 4.57 Å². The first-order valence-corrected chi connectivity index (χ1v) is 6.22. The Bertz CT molecular complexity index is 797. The maximum atomic E-state index is 9.04. The molecule has 5 nitrogen and oxygen atoms in total. The van der Waals surface area contributed by atoms with Crippen LogP contribution in [-0.2, 0) is 0 Å². The Labute approximate surface area is 126 Å². The third-order valence-electron chi connectivity index (χ3n) is 2.70. The summed E-state index contributed by atoms with van der Waals surface area (Å²) in [5.74, 6) is 0. The minimum atomic E-state index is -0.292. The second-order valence-corrected chi connectivity index (χ2v) is 4.37. The summed E-state index contributed by atoms with van der Waals surface area (Å²) in [6.45, 7) is 0. The summed E-state index contributed by atoms with van der Waals surface area (Å²) in [4.78, 5) is 0. The van der Waals surface area contributed by atoms with Gasteiger partial charge >= 0.3 is 0 Å². The number of nitrogens with zero attached hydrogens (tertiary/aromatic N) is 4. The Morgan fingerprint density at radius 3 is 2.29 bits per heavy atom. The number of anilines is 1. The molecule has 0 fully saturated rings. The standard InChI is InChI=1S/C15H8ClN5/c16-13-4-3-12(21-5-1-2-6-21)7-14(13)20-15(10-19)11(8-17)9-18/h1-7,20H. The van der Waals surface area contributed by atoms with E-state index >= 15 is 0 Å². The normalized spacial score (nSPS) is 9.05. The molecule has 1 heterocycles. The Morgan fingerprint density at radius 2 is 1.71 bits per heavy atom. The van der Waals surface area contributed by atoms with E-state index in [4.69, 9.17) is 27.4 Å². The van der Waals surface area contributed by atoms with Crippen LogP contribution in [0.1, 0.15) is 0 Å². The summed E-state index contributed by atoms with van der Waals surface area (Å²) in [6.07, 6.45) is 3.73. The van der Waals surface area contributed by atoms with E-state index in [2.05, 4.69) is 5.32 Å². The van der Waals surface area contributed by atoms with E-state index in [0.29, 0.717) is 10.7 Å². The first-order chi connectivity index (χ1) is 10.2. The number of benzene rings is 1. The number of halogens is 1. The van der Waals surface area contributed by atoms with Gasteiger partial charge in [-0.3, -0.25) is 0 Å². The summed E-state index contributed by atoms with van der Waals surface area (Å²) in [5.41, 5.74) is 0.855. The maximum Gasteiger partial charge on any atom is 0.163 e. The van der Waals surface area contributed by atoms with Crippen LogP contribution in [0.2, 0.25) is 5.02 Å². The van der Waals surface area contributed by atoms with Crippen molar-refractivity contribution >= 4 is 17.3 Å². The number of rotatable bonds is 3. The molecule has 1 aromatic heterocycles. The summed E-state index contributed by atoms with van der Waals surface area (Å²) in [7, 11) is 0. The highest BCUT2D eigenvalue weighted by Gasteiger charge is 2.09. The van der Waals surface area contributed by atoms with Gasteiger partial charge in [0, 0.05) is 18.1 Å². The zero-order valence-corrected chi connectivity index (χ0v) is 11.5. The molecule has 2 aromatic rings. The first kappa shape index (κ1) is 14.2. The van der Waals surface area contributed by atoms with Gasteiger partial charge in [0.25, 0.3) is 0 Å². The quantitative estimate of drug-likeness (QED) is 0.879. The Hall–Kier alpha value is -3.20. The number of allylic oxidation sites excluding steroid dienone is 2. The van der Waals surface area contributed by atoms with Gasteiger partial charge in [0.2, 0.25) is 0 Å². The van der Waals surface area contributed by atoms with Gasteiger partial charge < -0.3 is 9.88 Å². The van der Waals surface area contributed by atoms with Crippen molar-refractivity contribution in [2.45, 2.75) is 0 Å². The topological polar surface area (TPSA) is 88.3 Å². The highest BCUT2D eigenvalue weighted by molar-refractivity contribution is 6.33. The highest BCUT2D eigenvalue weighted by atomic mass is 35.5. The van der Waals surface area contributed by atoms with Crippen LogP contribution in [-0.4, -0.2) is 4.57 Å².